The maximum Gasteiger partial charge on any atom is 0.229 e. The molecule has 0 aliphatic carbocycles. The van der Waals surface area contributed by atoms with E-state index in [2.05, 4.69) is 10.5 Å². The van der Waals surface area contributed by atoms with Gasteiger partial charge >= 0.3 is 0 Å². The summed E-state index contributed by atoms with van der Waals surface area (Å²) in [4.78, 5) is 14.1. The van der Waals surface area contributed by atoms with Gasteiger partial charge in [-0.05, 0) is 26.8 Å². The van der Waals surface area contributed by atoms with Crippen LogP contribution in [0.1, 0.15) is 24.3 Å². The predicted octanol–water partition coefficient (Wildman–Crippen LogP) is 0.736. The summed E-state index contributed by atoms with van der Waals surface area (Å²) in [6, 6.07) is 2.15. The number of nitrogens with zero attached hydrogens (tertiary/aromatic N) is 2. The number of rotatable bonds is 4. The van der Waals surface area contributed by atoms with Crippen LogP contribution in [0.5, 0.6) is 0 Å². The molecule has 1 N–H and O–H groups in total. The number of carbonyl (C=O) groups excluding carboxylic acids is 1. The van der Waals surface area contributed by atoms with Gasteiger partial charge < -0.3 is 14.7 Å². The summed E-state index contributed by atoms with van der Waals surface area (Å²) < 4.78 is 4.97. The summed E-state index contributed by atoms with van der Waals surface area (Å²) in [5.41, 5.74) is 0.725. The Balaban J connectivity index is 1.95. The van der Waals surface area contributed by atoms with Crippen LogP contribution in [-0.2, 0) is 11.2 Å². The number of likely N-dealkylation sites (N-methyl/N-ethyl adjacent to an activating group) is 1. The van der Waals surface area contributed by atoms with Crippen molar-refractivity contribution in [3.63, 3.8) is 0 Å². The normalized spacial score (nSPS) is 19.9. The Hall–Kier alpha value is -1.36. The Morgan fingerprint density at radius 3 is 3.18 bits per heavy atom. The average Bonchev–Trinajstić information content (AvgIpc) is 2.88. The highest BCUT2D eigenvalue weighted by Gasteiger charge is 2.28. The van der Waals surface area contributed by atoms with E-state index in [1.54, 1.807) is 0 Å². The average molecular weight is 237 g/mol. The standard InChI is InChI=1S/C12H19N3O2/c1-9-6-10(14-17-9)7-12(16)15-5-3-4-11(15)8-13-2/h6,11,13H,3-5,7-8H2,1-2H3/t11-/m0/s1. The molecule has 1 aromatic heterocycles. The zero-order chi connectivity index (χ0) is 12.3. The number of carbonyl (C=O) groups is 1. The van der Waals surface area contributed by atoms with Crippen LogP contribution in [0.3, 0.4) is 0 Å². The molecule has 1 amide bonds. The number of aryl methyl sites for hydroxylation is 1. The molecule has 5 nitrogen and oxygen atoms in total. The van der Waals surface area contributed by atoms with Crippen molar-refractivity contribution in [3.8, 4) is 0 Å². The molecule has 2 heterocycles. The van der Waals surface area contributed by atoms with Crippen molar-refractivity contribution in [1.82, 2.24) is 15.4 Å². The predicted molar refractivity (Wildman–Crippen MR) is 63.6 cm³/mol. The molecule has 1 saturated heterocycles. The molecule has 2 rings (SSSR count). The minimum atomic E-state index is 0.149. The molecule has 17 heavy (non-hydrogen) atoms. The first-order chi connectivity index (χ1) is 8.20. The Labute approximate surface area is 101 Å². The second-order valence-electron chi connectivity index (χ2n) is 4.55. The molecule has 1 fully saturated rings. The molecule has 1 atom stereocenters. The summed E-state index contributed by atoms with van der Waals surface area (Å²) in [5, 5.41) is 6.99. The maximum absolute atomic E-state index is 12.1. The number of hydrogen-bond acceptors (Lipinski definition) is 4. The van der Waals surface area contributed by atoms with Crippen LogP contribution >= 0.6 is 0 Å². The second-order valence-corrected chi connectivity index (χ2v) is 4.55. The lowest BCUT2D eigenvalue weighted by Crippen LogP contribution is -2.41. The van der Waals surface area contributed by atoms with Gasteiger partial charge in [-0.25, -0.2) is 0 Å². The van der Waals surface area contributed by atoms with Gasteiger partial charge in [-0.3, -0.25) is 4.79 Å². The van der Waals surface area contributed by atoms with Crippen LogP contribution in [0.25, 0.3) is 0 Å². The van der Waals surface area contributed by atoms with Gasteiger partial charge in [0.2, 0.25) is 5.91 Å². The van der Waals surface area contributed by atoms with E-state index in [1.165, 1.54) is 0 Å². The number of nitrogens with one attached hydrogen (secondary N) is 1. The van der Waals surface area contributed by atoms with Gasteiger partial charge in [-0.15, -0.1) is 0 Å². The van der Waals surface area contributed by atoms with E-state index >= 15 is 0 Å². The van der Waals surface area contributed by atoms with Crippen LogP contribution in [0, 0.1) is 6.92 Å². The van der Waals surface area contributed by atoms with Crippen molar-refractivity contribution >= 4 is 5.91 Å². The molecule has 1 aliphatic heterocycles. The Morgan fingerprint density at radius 1 is 1.71 bits per heavy atom. The summed E-state index contributed by atoms with van der Waals surface area (Å²) in [7, 11) is 1.92. The summed E-state index contributed by atoms with van der Waals surface area (Å²) in [6.07, 6.45) is 2.53. The van der Waals surface area contributed by atoms with E-state index in [-0.39, 0.29) is 5.91 Å². The van der Waals surface area contributed by atoms with E-state index < -0.39 is 0 Å². The quantitative estimate of drug-likeness (QED) is 0.839. The van der Waals surface area contributed by atoms with E-state index in [9.17, 15) is 4.79 Å². The van der Waals surface area contributed by atoms with Gasteiger partial charge in [0.25, 0.3) is 0 Å². The number of amides is 1. The summed E-state index contributed by atoms with van der Waals surface area (Å²) in [6.45, 7) is 3.56. The first kappa shape index (κ1) is 12.1. The first-order valence-corrected chi connectivity index (χ1v) is 6.07. The fraction of sp³-hybridized carbons (Fsp3) is 0.667. The largest absolute Gasteiger partial charge is 0.361 e. The van der Waals surface area contributed by atoms with Crippen molar-refractivity contribution in [2.24, 2.45) is 0 Å². The number of aromatic nitrogens is 1. The summed E-state index contributed by atoms with van der Waals surface area (Å²) >= 11 is 0. The monoisotopic (exact) mass is 237 g/mol. The molecular weight excluding hydrogens is 218 g/mol. The molecule has 5 heteroatoms. The third-order valence-corrected chi connectivity index (χ3v) is 3.15. The lowest BCUT2D eigenvalue weighted by molar-refractivity contribution is -0.131. The molecule has 0 unspecified atom stereocenters. The van der Waals surface area contributed by atoms with Gasteiger partial charge in [0.1, 0.15) is 5.76 Å². The van der Waals surface area contributed by atoms with Crippen LogP contribution in [0.15, 0.2) is 10.6 Å². The highest BCUT2D eigenvalue weighted by Crippen LogP contribution is 2.18. The van der Waals surface area contributed by atoms with Crippen LogP contribution in [-0.4, -0.2) is 42.1 Å². The van der Waals surface area contributed by atoms with Crippen molar-refractivity contribution in [2.75, 3.05) is 20.1 Å². The second kappa shape index (κ2) is 5.31. The SMILES string of the molecule is CNC[C@@H]1CCCN1C(=O)Cc1cc(C)on1. The molecule has 0 spiro atoms. The highest BCUT2D eigenvalue weighted by molar-refractivity contribution is 5.79. The minimum absolute atomic E-state index is 0.149. The number of hydrogen-bond donors (Lipinski definition) is 1. The Kier molecular flexibility index (Phi) is 3.78. The molecule has 1 aliphatic rings. The lowest BCUT2D eigenvalue weighted by Gasteiger charge is -2.24. The van der Waals surface area contributed by atoms with E-state index in [0.29, 0.717) is 12.5 Å². The molecule has 0 radical (unpaired) electrons. The van der Waals surface area contributed by atoms with Gasteiger partial charge in [0.15, 0.2) is 0 Å². The fourth-order valence-electron chi connectivity index (χ4n) is 2.37. The molecule has 0 saturated carbocycles. The van der Waals surface area contributed by atoms with Crippen LogP contribution < -0.4 is 5.32 Å². The smallest absolute Gasteiger partial charge is 0.229 e. The van der Waals surface area contributed by atoms with Gasteiger partial charge in [0, 0.05) is 25.2 Å². The maximum atomic E-state index is 12.1. The van der Waals surface area contributed by atoms with Gasteiger partial charge in [-0.2, -0.15) is 0 Å². The van der Waals surface area contributed by atoms with Crippen molar-refractivity contribution in [2.45, 2.75) is 32.2 Å². The fourth-order valence-corrected chi connectivity index (χ4v) is 2.37. The Bertz CT molecular complexity index is 389. The third kappa shape index (κ3) is 2.85. The molecular formula is C12H19N3O2. The van der Waals surface area contributed by atoms with Crippen molar-refractivity contribution < 1.29 is 9.32 Å². The highest BCUT2D eigenvalue weighted by atomic mass is 16.5. The Morgan fingerprint density at radius 2 is 2.53 bits per heavy atom. The minimum Gasteiger partial charge on any atom is -0.361 e. The molecule has 0 bridgehead atoms. The molecule has 94 valence electrons. The number of likely N-dealkylation sites (tertiary alicyclic amines) is 1. The van der Waals surface area contributed by atoms with E-state index in [0.717, 1.165) is 37.4 Å². The first-order valence-electron chi connectivity index (χ1n) is 6.07. The molecule has 1 aromatic rings. The van der Waals surface area contributed by atoms with Crippen molar-refractivity contribution in [3.05, 3.63) is 17.5 Å². The third-order valence-electron chi connectivity index (χ3n) is 3.15. The van der Waals surface area contributed by atoms with Gasteiger partial charge in [0.05, 0.1) is 12.1 Å². The summed E-state index contributed by atoms with van der Waals surface area (Å²) in [5.74, 6) is 0.900. The van der Waals surface area contributed by atoms with Gasteiger partial charge in [-0.1, -0.05) is 5.16 Å². The van der Waals surface area contributed by atoms with Crippen molar-refractivity contribution in [1.29, 1.82) is 0 Å². The van der Waals surface area contributed by atoms with Crippen LogP contribution in [0.2, 0.25) is 0 Å². The topological polar surface area (TPSA) is 58.4 Å². The van der Waals surface area contributed by atoms with E-state index in [1.807, 2.05) is 24.9 Å². The lowest BCUT2D eigenvalue weighted by atomic mass is 10.2. The van der Waals surface area contributed by atoms with E-state index in [4.69, 9.17) is 4.52 Å². The zero-order valence-corrected chi connectivity index (χ0v) is 10.4. The zero-order valence-electron chi connectivity index (χ0n) is 10.4. The van der Waals surface area contributed by atoms with Crippen LogP contribution in [0.4, 0.5) is 0 Å². The molecule has 0 aromatic carbocycles.